The first-order chi connectivity index (χ1) is 9.79. The third-order valence-corrected chi connectivity index (χ3v) is 3.97. The predicted octanol–water partition coefficient (Wildman–Crippen LogP) is 2.53. The lowest BCUT2D eigenvalue weighted by Crippen LogP contribution is -2.28. The molecular weight excluding hydrogens is 252 g/mol. The van der Waals surface area contributed by atoms with Crippen molar-refractivity contribution in [2.24, 2.45) is 0 Å². The Morgan fingerprint density at radius 2 is 2.30 bits per heavy atom. The second-order valence-electron chi connectivity index (χ2n) is 5.49. The van der Waals surface area contributed by atoms with E-state index in [2.05, 4.69) is 17.6 Å². The number of rotatable bonds is 5. The van der Waals surface area contributed by atoms with Crippen molar-refractivity contribution in [2.75, 3.05) is 6.61 Å². The molecule has 20 heavy (non-hydrogen) atoms. The summed E-state index contributed by atoms with van der Waals surface area (Å²) in [6.07, 6.45) is 3.15. The summed E-state index contributed by atoms with van der Waals surface area (Å²) in [6.45, 7) is 3.87. The summed E-state index contributed by atoms with van der Waals surface area (Å²) >= 11 is 0. The molecule has 0 radical (unpaired) electrons. The minimum absolute atomic E-state index is 0.0233. The van der Waals surface area contributed by atoms with Gasteiger partial charge in [0.2, 0.25) is 0 Å². The van der Waals surface area contributed by atoms with Gasteiger partial charge in [-0.1, -0.05) is 19.1 Å². The Labute approximate surface area is 119 Å². The maximum Gasteiger partial charge on any atom is 0.112 e. The van der Waals surface area contributed by atoms with E-state index in [0.29, 0.717) is 6.42 Å². The molecule has 1 aromatic carbocycles. The molecule has 0 amide bonds. The van der Waals surface area contributed by atoms with Crippen LogP contribution in [0.5, 0.6) is 0 Å². The van der Waals surface area contributed by atoms with Crippen LogP contribution in [0.25, 0.3) is 11.0 Å². The Balaban J connectivity index is 1.87. The van der Waals surface area contributed by atoms with Crippen LogP contribution in [-0.4, -0.2) is 33.5 Å². The van der Waals surface area contributed by atoms with Crippen LogP contribution in [0.15, 0.2) is 24.3 Å². The first-order valence-corrected chi connectivity index (χ1v) is 7.53. The van der Waals surface area contributed by atoms with Crippen LogP contribution in [0.4, 0.5) is 0 Å². The van der Waals surface area contributed by atoms with Gasteiger partial charge in [-0.05, 0) is 31.4 Å². The second-order valence-corrected chi connectivity index (χ2v) is 5.49. The Morgan fingerprint density at radius 1 is 1.45 bits per heavy atom. The number of benzene rings is 1. The van der Waals surface area contributed by atoms with E-state index in [0.717, 1.165) is 49.3 Å². The average Bonchev–Trinajstić information content (AvgIpc) is 3.08. The van der Waals surface area contributed by atoms with Gasteiger partial charge in [0.1, 0.15) is 5.82 Å². The third kappa shape index (κ3) is 2.58. The number of aliphatic hydroxyl groups excluding tert-OH is 1. The van der Waals surface area contributed by atoms with Crippen LogP contribution < -0.4 is 0 Å². The zero-order chi connectivity index (χ0) is 13.9. The summed E-state index contributed by atoms with van der Waals surface area (Å²) in [5.41, 5.74) is 2.17. The number of aromatic nitrogens is 2. The first kappa shape index (κ1) is 13.6. The number of aryl methyl sites for hydroxylation is 1. The summed E-state index contributed by atoms with van der Waals surface area (Å²) in [6, 6.07) is 8.17. The topological polar surface area (TPSA) is 47.3 Å². The van der Waals surface area contributed by atoms with E-state index in [1.807, 2.05) is 18.2 Å². The largest absolute Gasteiger partial charge is 0.390 e. The Morgan fingerprint density at radius 3 is 3.05 bits per heavy atom. The van der Waals surface area contributed by atoms with Gasteiger partial charge in [0, 0.05) is 19.6 Å². The van der Waals surface area contributed by atoms with E-state index in [1.165, 1.54) is 0 Å². The van der Waals surface area contributed by atoms with Crippen molar-refractivity contribution in [3.8, 4) is 0 Å². The van der Waals surface area contributed by atoms with Gasteiger partial charge in [0.05, 0.1) is 23.2 Å². The van der Waals surface area contributed by atoms with Crippen molar-refractivity contribution in [2.45, 2.75) is 51.4 Å². The summed E-state index contributed by atoms with van der Waals surface area (Å²) in [5.74, 6) is 0.969. The number of imidazole rings is 1. The number of ether oxygens (including phenoxy) is 1. The molecule has 1 N–H and O–H groups in total. The number of aliphatic hydroxyl groups is 1. The Bertz CT molecular complexity index is 573. The van der Waals surface area contributed by atoms with Crippen molar-refractivity contribution in [3.63, 3.8) is 0 Å². The lowest BCUT2D eigenvalue weighted by Gasteiger charge is -2.17. The predicted molar refractivity (Wildman–Crippen MR) is 78.7 cm³/mol. The standard InChI is InChI=1S/C16H22N2O2/c1-2-9-18-13-7-4-3-6-12(13)17-16(18)11-14(19)15-8-5-10-20-15/h3-4,6-7,14-15,19H,2,5,8-11H2,1H3. The average molecular weight is 274 g/mol. The normalized spacial score (nSPS) is 20.6. The van der Waals surface area contributed by atoms with E-state index < -0.39 is 6.10 Å². The van der Waals surface area contributed by atoms with Crippen LogP contribution in [0.2, 0.25) is 0 Å². The fourth-order valence-corrected chi connectivity index (χ4v) is 2.98. The third-order valence-electron chi connectivity index (χ3n) is 3.97. The van der Waals surface area contributed by atoms with E-state index in [1.54, 1.807) is 0 Å². The van der Waals surface area contributed by atoms with Crippen LogP contribution in [-0.2, 0) is 17.7 Å². The van der Waals surface area contributed by atoms with Gasteiger partial charge < -0.3 is 14.4 Å². The van der Waals surface area contributed by atoms with Gasteiger partial charge in [-0.25, -0.2) is 4.98 Å². The molecule has 0 bridgehead atoms. The second kappa shape index (κ2) is 5.94. The molecule has 1 aromatic heterocycles. The van der Waals surface area contributed by atoms with Gasteiger partial charge in [-0.3, -0.25) is 0 Å². The quantitative estimate of drug-likeness (QED) is 0.911. The molecule has 4 nitrogen and oxygen atoms in total. The summed E-state index contributed by atoms with van der Waals surface area (Å²) in [5, 5.41) is 10.3. The molecule has 4 heteroatoms. The van der Waals surface area contributed by atoms with Crippen LogP contribution in [0.3, 0.4) is 0 Å². The van der Waals surface area contributed by atoms with Gasteiger partial charge in [-0.2, -0.15) is 0 Å². The minimum atomic E-state index is -0.454. The lowest BCUT2D eigenvalue weighted by molar-refractivity contribution is -0.00200. The molecule has 108 valence electrons. The number of hydrogen-bond acceptors (Lipinski definition) is 3. The number of nitrogens with zero attached hydrogens (tertiary/aromatic N) is 2. The number of fused-ring (bicyclic) bond motifs is 1. The minimum Gasteiger partial charge on any atom is -0.390 e. The molecule has 0 saturated carbocycles. The lowest BCUT2D eigenvalue weighted by atomic mass is 10.1. The zero-order valence-corrected chi connectivity index (χ0v) is 12.0. The monoisotopic (exact) mass is 274 g/mol. The molecule has 1 aliphatic heterocycles. The zero-order valence-electron chi connectivity index (χ0n) is 12.0. The molecular formula is C16H22N2O2. The highest BCUT2D eigenvalue weighted by molar-refractivity contribution is 5.75. The highest BCUT2D eigenvalue weighted by atomic mass is 16.5. The molecule has 2 unspecified atom stereocenters. The maximum absolute atomic E-state index is 10.3. The van der Waals surface area contributed by atoms with Crippen molar-refractivity contribution in [1.29, 1.82) is 0 Å². The molecule has 0 spiro atoms. The Hall–Kier alpha value is -1.39. The fourth-order valence-electron chi connectivity index (χ4n) is 2.98. The number of hydrogen-bond donors (Lipinski definition) is 1. The van der Waals surface area contributed by atoms with E-state index in [4.69, 9.17) is 9.72 Å². The highest BCUT2D eigenvalue weighted by Crippen LogP contribution is 2.21. The van der Waals surface area contributed by atoms with Crippen molar-refractivity contribution in [3.05, 3.63) is 30.1 Å². The molecule has 3 rings (SSSR count). The maximum atomic E-state index is 10.3. The SMILES string of the molecule is CCCn1c(CC(O)C2CCCO2)nc2ccccc21. The highest BCUT2D eigenvalue weighted by Gasteiger charge is 2.26. The summed E-state index contributed by atoms with van der Waals surface area (Å²) in [7, 11) is 0. The molecule has 2 heterocycles. The van der Waals surface area contributed by atoms with Gasteiger partial charge in [0.15, 0.2) is 0 Å². The first-order valence-electron chi connectivity index (χ1n) is 7.53. The molecule has 0 aliphatic carbocycles. The van der Waals surface area contributed by atoms with Crippen LogP contribution in [0, 0.1) is 0 Å². The molecule has 1 aliphatic rings. The van der Waals surface area contributed by atoms with Gasteiger partial charge in [0.25, 0.3) is 0 Å². The van der Waals surface area contributed by atoms with Gasteiger partial charge in [-0.15, -0.1) is 0 Å². The molecule has 2 aromatic rings. The molecule has 1 saturated heterocycles. The van der Waals surface area contributed by atoms with E-state index >= 15 is 0 Å². The summed E-state index contributed by atoms with van der Waals surface area (Å²) in [4.78, 5) is 4.69. The van der Waals surface area contributed by atoms with E-state index in [9.17, 15) is 5.11 Å². The van der Waals surface area contributed by atoms with Crippen LogP contribution in [0.1, 0.15) is 32.0 Å². The van der Waals surface area contributed by atoms with Crippen molar-refractivity contribution < 1.29 is 9.84 Å². The summed E-state index contributed by atoms with van der Waals surface area (Å²) < 4.78 is 7.80. The van der Waals surface area contributed by atoms with Crippen molar-refractivity contribution in [1.82, 2.24) is 9.55 Å². The van der Waals surface area contributed by atoms with Crippen molar-refractivity contribution >= 4 is 11.0 Å². The smallest absolute Gasteiger partial charge is 0.112 e. The Kier molecular flexibility index (Phi) is 4.03. The van der Waals surface area contributed by atoms with Crippen LogP contribution >= 0.6 is 0 Å². The molecule has 2 atom stereocenters. The number of para-hydroxylation sites is 2. The van der Waals surface area contributed by atoms with Gasteiger partial charge >= 0.3 is 0 Å². The fraction of sp³-hybridized carbons (Fsp3) is 0.562. The van der Waals surface area contributed by atoms with E-state index in [-0.39, 0.29) is 6.10 Å². The molecule has 1 fully saturated rings.